The van der Waals surface area contributed by atoms with Gasteiger partial charge in [-0.05, 0) is 11.0 Å². The maximum atomic E-state index is 12.3. The lowest BCUT2D eigenvalue weighted by Gasteiger charge is -2.40. The molecular weight excluding hydrogens is 268 g/mol. The van der Waals surface area contributed by atoms with E-state index < -0.39 is 5.97 Å². The molecule has 1 aromatic carbocycles. The molecule has 0 amide bonds. The number of rotatable bonds is 2. The molecule has 0 aliphatic heterocycles. The van der Waals surface area contributed by atoms with E-state index >= 15 is 0 Å². The Bertz CT molecular complexity index is 731. The number of aromatic carboxylic acids is 1. The van der Waals surface area contributed by atoms with Crippen LogP contribution in [0.2, 0.25) is 0 Å². The quantitative estimate of drug-likeness (QED) is 0.920. The molecule has 1 heterocycles. The molecule has 1 atom stereocenters. The van der Waals surface area contributed by atoms with Crippen molar-refractivity contribution in [3.8, 4) is 0 Å². The first-order valence-corrected chi connectivity index (χ1v) is 6.79. The molecule has 1 N–H and O–H groups in total. The van der Waals surface area contributed by atoms with E-state index in [1.165, 1.54) is 12.5 Å². The van der Waals surface area contributed by atoms with Gasteiger partial charge in [0.15, 0.2) is 5.78 Å². The number of aromatic nitrogens is 2. The monoisotopic (exact) mass is 284 g/mol. The zero-order valence-electron chi connectivity index (χ0n) is 11.9. The van der Waals surface area contributed by atoms with E-state index in [9.17, 15) is 14.7 Å². The third kappa shape index (κ3) is 2.05. The van der Waals surface area contributed by atoms with Gasteiger partial charge in [-0.25, -0.2) is 9.78 Å². The summed E-state index contributed by atoms with van der Waals surface area (Å²) in [6, 6.07) is 7.18. The molecule has 0 fully saturated rings. The summed E-state index contributed by atoms with van der Waals surface area (Å²) in [4.78, 5) is 27.7. The summed E-state index contributed by atoms with van der Waals surface area (Å²) in [6.45, 7) is 3.97. The van der Waals surface area contributed by atoms with Crippen LogP contribution in [0.3, 0.4) is 0 Å². The fourth-order valence-electron chi connectivity index (χ4n) is 3.22. The Morgan fingerprint density at radius 2 is 2.10 bits per heavy atom. The number of imidazole rings is 1. The first kappa shape index (κ1) is 13.5. The number of carboxylic acids is 1. The molecule has 2 aromatic rings. The Balaban J connectivity index is 2.24. The number of nitrogens with zero attached hydrogens (tertiary/aromatic N) is 2. The lowest BCUT2D eigenvalue weighted by molar-refractivity contribution is 0.0676. The number of Topliss-reactive ketones (excluding diaryl/α,β-unsaturated/α-hetero) is 1. The van der Waals surface area contributed by atoms with Crippen molar-refractivity contribution in [2.24, 2.45) is 5.41 Å². The lowest BCUT2D eigenvalue weighted by Crippen LogP contribution is -2.37. The van der Waals surface area contributed by atoms with Gasteiger partial charge in [-0.3, -0.25) is 4.79 Å². The van der Waals surface area contributed by atoms with Gasteiger partial charge in [-0.2, -0.15) is 0 Å². The van der Waals surface area contributed by atoms with Crippen molar-refractivity contribution in [1.29, 1.82) is 0 Å². The topological polar surface area (TPSA) is 72.2 Å². The maximum Gasteiger partial charge on any atom is 0.354 e. The summed E-state index contributed by atoms with van der Waals surface area (Å²) >= 11 is 0. The molecule has 21 heavy (non-hydrogen) atoms. The Kier molecular flexibility index (Phi) is 2.93. The molecular formula is C16H16N2O3. The second-order valence-corrected chi connectivity index (χ2v) is 6.07. The highest BCUT2D eigenvalue weighted by molar-refractivity contribution is 5.99. The Morgan fingerprint density at radius 3 is 2.81 bits per heavy atom. The zero-order valence-corrected chi connectivity index (χ0v) is 11.9. The third-order valence-electron chi connectivity index (χ3n) is 4.08. The summed E-state index contributed by atoms with van der Waals surface area (Å²) in [7, 11) is 0. The zero-order chi connectivity index (χ0) is 15.2. The molecule has 0 spiro atoms. The van der Waals surface area contributed by atoms with Crippen molar-refractivity contribution in [1.82, 2.24) is 9.55 Å². The summed E-state index contributed by atoms with van der Waals surface area (Å²) in [5, 5.41) is 9.33. The molecule has 1 aromatic heterocycles. The largest absolute Gasteiger partial charge is 0.477 e. The molecule has 0 saturated carbocycles. The molecule has 108 valence electrons. The number of carbonyl (C=O) groups is 2. The number of hydrogen-bond acceptors (Lipinski definition) is 3. The van der Waals surface area contributed by atoms with Gasteiger partial charge in [0.1, 0.15) is 5.69 Å². The van der Waals surface area contributed by atoms with Crippen LogP contribution in [0.25, 0.3) is 0 Å². The second-order valence-electron chi connectivity index (χ2n) is 6.07. The van der Waals surface area contributed by atoms with Crippen LogP contribution in [0.5, 0.6) is 0 Å². The van der Waals surface area contributed by atoms with Crippen LogP contribution in [-0.4, -0.2) is 26.4 Å². The van der Waals surface area contributed by atoms with E-state index in [-0.39, 0.29) is 22.9 Å². The number of benzene rings is 1. The molecule has 1 aliphatic rings. The average molecular weight is 284 g/mol. The minimum absolute atomic E-state index is 0.101. The predicted molar refractivity (Wildman–Crippen MR) is 76.5 cm³/mol. The highest BCUT2D eigenvalue weighted by atomic mass is 16.4. The summed E-state index contributed by atoms with van der Waals surface area (Å²) in [6.07, 6.45) is 3.26. The lowest BCUT2D eigenvalue weighted by atomic mass is 9.69. The van der Waals surface area contributed by atoms with Crippen molar-refractivity contribution in [2.75, 3.05) is 0 Å². The van der Waals surface area contributed by atoms with E-state index in [2.05, 4.69) is 4.98 Å². The van der Waals surface area contributed by atoms with E-state index in [1.54, 1.807) is 10.6 Å². The average Bonchev–Trinajstić information content (AvgIpc) is 2.87. The summed E-state index contributed by atoms with van der Waals surface area (Å²) < 4.78 is 1.66. The molecule has 0 radical (unpaired) electrons. The molecule has 0 bridgehead atoms. The molecule has 1 aliphatic carbocycles. The molecule has 3 rings (SSSR count). The number of carbonyl (C=O) groups excluding carboxylic acids is 1. The van der Waals surface area contributed by atoms with E-state index in [1.807, 2.05) is 32.0 Å². The molecule has 1 unspecified atom stereocenters. The van der Waals surface area contributed by atoms with Crippen LogP contribution < -0.4 is 0 Å². The van der Waals surface area contributed by atoms with Gasteiger partial charge >= 0.3 is 5.97 Å². The number of ketones is 1. The van der Waals surface area contributed by atoms with Gasteiger partial charge in [0, 0.05) is 12.0 Å². The minimum Gasteiger partial charge on any atom is -0.477 e. The van der Waals surface area contributed by atoms with Gasteiger partial charge in [-0.15, -0.1) is 0 Å². The van der Waals surface area contributed by atoms with Gasteiger partial charge in [0.05, 0.1) is 18.6 Å². The fraction of sp³-hybridized carbons (Fsp3) is 0.312. The third-order valence-corrected chi connectivity index (χ3v) is 4.08. The summed E-state index contributed by atoms with van der Waals surface area (Å²) in [5.74, 6) is -0.915. The van der Waals surface area contributed by atoms with Crippen LogP contribution in [0.4, 0.5) is 0 Å². The number of carboxylic acid groups (broad SMARTS) is 1. The van der Waals surface area contributed by atoms with Gasteiger partial charge in [0.25, 0.3) is 0 Å². The van der Waals surface area contributed by atoms with Crippen molar-refractivity contribution in [3.05, 3.63) is 53.6 Å². The number of fused-ring (bicyclic) bond motifs is 1. The first-order chi connectivity index (χ1) is 9.92. The molecule has 0 saturated heterocycles. The highest BCUT2D eigenvalue weighted by Gasteiger charge is 2.41. The SMILES string of the molecule is CC1(C)CC(=O)c2ccccc2C1n1cncc1C(=O)O. The standard InChI is InChI=1S/C16H16N2O3/c1-16(2)7-13(19)10-5-3-4-6-11(10)14(16)18-9-17-8-12(18)15(20)21/h3-6,8-9,14H,7H2,1-2H3,(H,20,21). The van der Waals surface area contributed by atoms with E-state index in [0.29, 0.717) is 12.0 Å². The Labute approximate surface area is 122 Å². The predicted octanol–water partition coefficient (Wildman–Crippen LogP) is 2.78. The van der Waals surface area contributed by atoms with Crippen molar-refractivity contribution in [3.63, 3.8) is 0 Å². The van der Waals surface area contributed by atoms with Crippen LogP contribution in [0.1, 0.15) is 52.7 Å². The molecule has 5 heteroatoms. The summed E-state index contributed by atoms with van der Waals surface area (Å²) in [5.41, 5.74) is 1.29. The van der Waals surface area contributed by atoms with E-state index in [0.717, 1.165) is 5.56 Å². The van der Waals surface area contributed by atoms with Gasteiger partial charge < -0.3 is 9.67 Å². The number of hydrogen-bond donors (Lipinski definition) is 1. The Morgan fingerprint density at radius 1 is 1.38 bits per heavy atom. The van der Waals surface area contributed by atoms with Gasteiger partial charge in [-0.1, -0.05) is 38.1 Å². The normalized spacial score (nSPS) is 20.1. The van der Waals surface area contributed by atoms with Crippen LogP contribution in [0.15, 0.2) is 36.8 Å². The Hall–Kier alpha value is -2.43. The second kappa shape index (κ2) is 4.55. The molecule has 5 nitrogen and oxygen atoms in total. The van der Waals surface area contributed by atoms with Crippen molar-refractivity contribution < 1.29 is 14.7 Å². The van der Waals surface area contributed by atoms with Crippen molar-refractivity contribution in [2.45, 2.75) is 26.3 Å². The van der Waals surface area contributed by atoms with Crippen molar-refractivity contribution >= 4 is 11.8 Å². The minimum atomic E-state index is -1.02. The van der Waals surface area contributed by atoms with Crippen LogP contribution >= 0.6 is 0 Å². The van der Waals surface area contributed by atoms with Gasteiger partial charge in [0.2, 0.25) is 0 Å². The first-order valence-electron chi connectivity index (χ1n) is 6.79. The highest BCUT2D eigenvalue weighted by Crippen LogP contribution is 2.46. The maximum absolute atomic E-state index is 12.3. The van der Waals surface area contributed by atoms with Crippen LogP contribution in [-0.2, 0) is 0 Å². The smallest absolute Gasteiger partial charge is 0.354 e. The van der Waals surface area contributed by atoms with E-state index in [4.69, 9.17) is 0 Å². The van der Waals surface area contributed by atoms with Crippen LogP contribution in [0, 0.1) is 5.41 Å². The fourth-order valence-corrected chi connectivity index (χ4v) is 3.22.